The van der Waals surface area contributed by atoms with Crippen LogP contribution >= 0.6 is 0 Å². The highest BCUT2D eigenvalue weighted by atomic mass is 16.5. The van der Waals surface area contributed by atoms with Crippen molar-refractivity contribution in [3.8, 4) is 0 Å². The van der Waals surface area contributed by atoms with Crippen molar-refractivity contribution >= 4 is 0 Å². The summed E-state index contributed by atoms with van der Waals surface area (Å²) in [5.41, 5.74) is 0. The molecule has 3 nitrogen and oxygen atoms in total. The molecular weight excluding hydrogens is 190 g/mol. The van der Waals surface area contributed by atoms with Crippen molar-refractivity contribution in [1.82, 2.24) is 5.32 Å². The minimum Gasteiger partial charge on any atom is -0.380 e. The number of rotatable bonds is 3. The molecule has 88 valence electrons. The smallest absolute Gasteiger partial charge is 0.0619 e. The average molecular weight is 213 g/mol. The van der Waals surface area contributed by atoms with Crippen LogP contribution in [0.4, 0.5) is 0 Å². The molecule has 0 radical (unpaired) electrons. The predicted molar refractivity (Wildman–Crippen MR) is 60.0 cm³/mol. The Morgan fingerprint density at radius 2 is 2.13 bits per heavy atom. The molecule has 3 heteroatoms. The first-order chi connectivity index (χ1) is 7.38. The molecule has 0 saturated carbocycles. The van der Waals surface area contributed by atoms with Crippen molar-refractivity contribution in [3.63, 3.8) is 0 Å². The lowest BCUT2D eigenvalue weighted by Crippen LogP contribution is -2.47. The first-order valence-corrected chi connectivity index (χ1v) is 6.34. The largest absolute Gasteiger partial charge is 0.380 e. The number of ether oxygens (including phenoxy) is 2. The average Bonchev–Trinajstić information content (AvgIpc) is 2.31. The molecule has 2 saturated heterocycles. The standard InChI is InChI=1S/C12H23NO2/c1-2-12-8-10(5-7-15-12)13-11-4-3-6-14-9-11/h10-13H,2-9H2,1H3. The molecule has 0 aromatic heterocycles. The fraction of sp³-hybridized carbons (Fsp3) is 1.00. The Kier molecular flexibility index (Phi) is 4.42. The van der Waals surface area contributed by atoms with Crippen LogP contribution in [0.2, 0.25) is 0 Å². The zero-order valence-corrected chi connectivity index (χ0v) is 9.71. The minimum absolute atomic E-state index is 0.473. The molecule has 3 unspecified atom stereocenters. The molecule has 15 heavy (non-hydrogen) atoms. The summed E-state index contributed by atoms with van der Waals surface area (Å²) in [6.07, 6.45) is 6.42. The van der Waals surface area contributed by atoms with Gasteiger partial charge in [-0.1, -0.05) is 6.92 Å². The van der Waals surface area contributed by atoms with Gasteiger partial charge in [0.25, 0.3) is 0 Å². The Morgan fingerprint density at radius 3 is 2.87 bits per heavy atom. The van der Waals surface area contributed by atoms with Gasteiger partial charge < -0.3 is 14.8 Å². The molecule has 2 fully saturated rings. The summed E-state index contributed by atoms with van der Waals surface area (Å²) >= 11 is 0. The number of nitrogens with one attached hydrogen (secondary N) is 1. The van der Waals surface area contributed by atoms with Crippen LogP contribution < -0.4 is 5.32 Å². The highest BCUT2D eigenvalue weighted by Crippen LogP contribution is 2.18. The van der Waals surface area contributed by atoms with E-state index in [4.69, 9.17) is 9.47 Å². The maximum atomic E-state index is 5.68. The third-order valence-electron chi connectivity index (χ3n) is 3.45. The molecule has 0 aromatic carbocycles. The van der Waals surface area contributed by atoms with E-state index in [0.29, 0.717) is 18.2 Å². The molecule has 2 aliphatic heterocycles. The second kappa shape index (κ2) is 5.83. The lowest BCUT2D eigenvalue weighted by atomic mass is 9.99. The van der Waals surface area contributed by atoms with Gasteiger partial charge in [-0.25, -0.2) is 0 Å². The van der Waals surface area contributed by atoms with Gasteiger partial charge in [-0.05, 0) is 32.1 Å². The second-order valence-electron chi connectivity index (χ2n) is 4.70. The van der Waals surface area contributed by atoms with Crippen LogP contribution in [-0.2, 0) is 9.47 Å². The maximum Gasteiger partial charge on any atom is 0.0619 e. The molecule has 0 spiro atoms. The number of hydrogen-bond donors (Lipinski definition) is 1. The SMILES string of the molecule is CCC1CC(NC2CCCOC2)CCO1. The molecule has 0 amide bonds. The molecule has 2 aliphatic rings. The van der Waals surface area contributed by atoms with Crippen LogP contribution in [0.1, 0.15) is 39.0 Å². The van der Waals surface area contributed by atoms with E-state index in [2.05, 4.69) is 12.2 Å². The third-order valence-corrected chi connectivity index (χ3v) is 3.45. The van der Waals surface area contributed by atoms with Crippen molar-refractivity contribution in [3.05, 3.63) is 0 Å². The Bertz CT molecular complexity index is 180. The van der Waals surface area contributed by atoms with E-state index in [0.717, 1.165) is 32.7 Å². The van der Waals surface area contributed by atoms with E-state index in [-0.39, 0.29) is 0 Å². The molecule has 2 rings (SSSR count). The molecule has 0 aromatic rings. The summed E-state index contributed by atoms with van der Waals surface area (Å²) in [7, 11) is 0. The highest BCUT2D eigenvalue weighted by Gasteiger charge is 2.24. The first kappa shape index (κ1) is 11.4. The summed E-state index contributed by atoms with van der Waals surface area (Å²) in [5.74, 6) is 0. The zero-order chi connectivity index (χ0) is 10.5. The third kappa shape index (κ3) is 3.44. The van der Waals surface area contributed by atoms with Crippen molar-refractivity contribution in [2.45, 2.75) is 57.2 Å². The van der Waals surface area contributed by atoms with Crippen LogP contribution in [0, 0.1) is 0 Å². The topological polar surface area (TPSA) is 30.5 Å². The van der Waals surface area contributed by atoms with Crippen molar-refractivity contribution in [1.29, 1.82) is 0 Å². The van der Waals surface area contributed by atoms with E-state index in [1.165, 1.54) is 19.3 Å². The predicted octanol–water partition coefficient (Wildman–Crippen LogP) is 1.71. The maximum absolute atomic E-state index is 5.68. The van der Waals surface area contributed by atoms with Gasteiger partial charge in [0.05, 0.1) is 12.7 Å². The van der Waals surface area contributed by atoms with Gasteiger partial charge in [0, 0.05) is 25.3 Å². The van der Waals surface area contributed by atoms with Crippen molar-refractivity contribution in [2.24, 2.45) is 0 Å². The van der Waals surface area contributed by atoms with E-state index in [9.17, 15) is 0 Å². The molecule has 0 aliphatic carbocycles. The van der Waals surface area contributed by atoms with Crippen LogP contribution in [0.25, 0.3) is 0 Å². The molecule has 0 bridgehead atoms. The Morgan fingerprint density at radius 1 is 1.20 bits per heavy atom. The molecule has 3 atom stereocenters. The summed E-state index contributed by atoms with van der Waals surface area (Å²) < 4.78 is 11.2. The van der Waals surface area contributed by atoms with E-state index in [1.54, 1.807) is 0 Å². The van der Waals surface area contributed by atoms with Gasteiger partial charge >= 0.3 is 0 Å². The Labute approximate surface area is 92.5 Å². The fourth-order valence-electron chi connectivity index (χ4n) is 2.52. The zero-order valence-electron chi connectivity index (χ0n) is 9.71. The van der Waals surface area contributed by atoms with E-state index < -0.39 is 0 Å². The van der Waals surface area contributed by atoms with Crippen LogP contribution in [0.5, 0.6) is 0 Å². The molecule has 2 heterocycles. The quantitative estimate of drug-likeness (QED) is 0.774. The second-order valence-corrected chi connectivity index (χ2v) is 4.70. The minimum atomic E-state index is 0.473. The van der Waals surface area contributed by atoms with Crippen LogP contribution in [0.15, 0.2) is 0 Å². The van der Waals surface area contributed by atoms with Crippen molar-refractivity contribution in [2.75, 3.05) is 19.8 Å². The van der Waals surface area contributed by atoms with Gasteiger partial charge in [0.15, 0.2) is 0 Å². The van der Waals surface area contributed by atoms with Gasteiger partial charge in [0.2, 0.25) is 0 Å². The van der Waals surface area contributed by atoms with Crippen LogP contribution in [0.3, 0.4) is 0 Å². The van der Waals surface area contributed by atoms with Crippen LogP contribution in [-0.4, -0.2) is 38.0 Å². The van der Waals surface area contributed by atoms with E-state index in [1.807, 2.05) is 0 Å². The molecule has 1 N–H and O–H groups in total. The van der Waals surface area contributed by atoms with Gasteiger partial charge in [0.1, 0.15) is 0 Å². The van der Waals surface area contributed by atoms with Crippen molar-refractivity contribution < 1.29 is 9.47 Å². The monoisotopic (exact) mass is 213 g/mol. The summed E-state index contributed by atoms with van der Waals surface area (Å²) in [6, 6.07) is 1.23. The number of hydrogen-bond acceptors (Lipinski definition) is 3. The van der Waals surface area contributed by atoms with E-state index >= 15 is 0 Å². The fourth-order valence-corrected chi connectivity index (χ4v) is 2.52. The summed E-state index contributed by atoms with van der Waals surface area (Å²) in [6.45, 7) is 4.97. The summed E-state index contributed by atoms with van der Waals surface area (Å²) in [4.78, 5) is 0. The summed E-state index contributed by atoms with van der Waals surface area (Å²) in [5, 5.41) is 3.72. The normalized spacial score (nSPS) is 37.8. The van der Waals surface area contributed by atoms with Gasteiger partial charge in [-0.15, -0.1) is 0 Å². The van der Waals surface area contributed by atoms with Gasteiger partial charge in [-0.3, -0.25) is 0 Å². The highest BCUT2D eigenvalue weighted by molar-refractivity contribution is 4.81. The molecular formula is C12H23NO2. The lowest BCUT2D eigenvalue weighted by molar-refractivity contribution is -0.00861. The van der Waals surface area contributed by atoms with Gasteiger partial charge in [-0.2, -0.15) is 0 Å². The Balaban J connectivity index is 1.72. The first-order valence-electron chi connectivity index (χ1n) is 6.34. The Hall–Kier alpha value is -0.120. The lowest BCUT2D eigenvalue weighted by Gasteiger charge is -2.34.